The SMILES string of the molecule is Cc1ccc(C(C)NC(=O)c2cc(N)cc(Br)c2)cc1. The van der Waals surface area contributed by atoms with Crippen LogP contribution >= 0.6 is 15.9 Å². The van der Waals surface area contributed by atoms with Crippen LogP contribution in [0.1, 0.15) is 34.5 Å². The molecule has 1 unspecified atom stereocenters. The lowest BCUT2D eigenvalue weighted by molar-refractivity contribution is 0.0940. The number of rotatable bonds is 3. The highest BCUT2D eigenvalue weighted by molar-refractivity contribution is 9.10. The Labute approximate surface area is 127 Å². The standard InChI is InChI=1S/C16H17BrN2O/c1-10-3-5-12(6-4-10)11(2)19-16(20)13-7-14(17)9-15(18)8-13/h3-9,11H,18H2,1-2H3,(H,19,20). The van der Waals surface area contributed by atoms with Crippen LogP contribution in [0.25, 0.3) is 0 Å². The molecule has 4 heteroatoms. The van der Waals surface area contributed by atoms with E-state index in [1.807, 2.05) is 38.1 Å². The quantitative estimate of drug-likeness (QED) is 0.839. The van der Waals surface area contributed by atoms with Crippen LogP contribution in [0.15, 0.2) is 46.9 Å². The number of carbonyl (C=O) groups is 1. The van der Waals surface area contributed by atoms with E-state index in [4.69, 9.17) is 5.73 Å². The van der Waals surface area contributed by atoms with Crippen LogP contribution in [0, 0.1) is 6.92 Å². The van der Waals surface area contributed by atoms with Gasteiger partial charge in [-0.2, -0.15) is 0 Å². The van der Waals surface area contributed by atoms with Crippen molar-refractivity contribution in [2.75, 3.05) is 5.73 Å². The first kappa shape index (κ1) is 14.6. The summed E-state index contributed by atoms with van der Waals surface area (Å²) in [5.41, 5.74) is 9.14. The lowest BCUT2D eigenvalue weighted by atomic mass is 10.1. The second-order valence-electron chi connectivity index (χ2n) is 4.88. The van der Waals surface area contributed by atoms with Gasteiger partial charge in [-0.25, -0.2) is 0 Å². The summed E-state index contributed by atoms with van der Waals surface area (Å²) in [5, 5.41) is 2.97. The smallest absolute Gasteiger partial charge is 0.251 e. The van der Waals surface area contributed by atoms with E-state index >= 15 is 0 Å². The average Bonchev–Trinajstić information content (AvgIpc) is 2.38. The molecule has 0 spiro atoms. The van der Waals surface area contributed by atoms with Crippen molar-refractivity contribution in [3.63, 3.8) is 0 Å². The van der Waals surface area contributed by atoms with Crippen molar-refractivity contribution in [2.24, 2.45) is 0 Å². The molecule has 1 amide bonds. The molecule has 0 fully saturated rings. The lowest BCUT2D eigenvalue weighted by Crippen LogP contribution is -2.26. The van der Waals surface area contributed by atoms with Gasteiger partial charge in [-0.1, -0.05) is 45.8 Å². The summed E-state index contributed by atoms with van der Waals surface area (Å²) in [6.45, 7) is 4.00. The van der Waals surface area contributed by atoms with Gasteiger partial charge < -0.3 is 11.1 Å². The van der Waals surface area contributed by atoms with Crippen LogP contribution in [0.5, 0.6) is 0 Å². The molecule has 2 rings (SSSR count). The van der Waals surface area contributed by atoms with E-state index in [1.54, 1.807) is 18.2 Å². The summed E-state index contributed by atoms with van der Waals surface area (Å²) in [6.07, 6.45) is 0. The number of hydrogen-bond acceptors (Lipinski definition) is 2. The second-order valence-corrected chi connectivity index (χ2v) is 5.79. The van der Waals surface area contributed by atoms with Crippen molar-refractivity contribution in [3.05, 3.63) is 63.6 Å². The minimum absolute atomic E-state index is 0.0525. The molecule has 0 aliphatic rings. The van der Waals surface area contributed by atoms with E-state index in [-0.39, 0.29) is 11.9 Å². The molecule has 1 atom stereocenters. The molecule has 0 radical (unpaired) electrons. The number of nitrogens with one attached hydrogen (secondary N) is 1. The van der Waals surface area contributed by atoms with E-state index < -0.39 is 0 Å². The summed E-state index contributed by atoms with van der Waals surface area (Å²) >= 11 is 3.34. The van der Waals surface area contributed by atoms with Crippen molar-refractivity contribution in [2.45, 2.75) is 19.9 Å². The Balaban J connectivity index is 2.12. The van der Waals surface area contributed by atoms with Crippen molar-refractivity contribution in [1.82, 2.24) is 5.32 Å². The maximum absolute atomic E-state index is 12.2. The van der Waals surface area contributed by atoms with E-state index in [0.29, 0.717) is 11.3 Å². The third kappa shape index (κ3) is 3.61. The average molecular weight is 333 g/mol. The second kappa shape index (κ2) is 6.09. The number of halogens is 1. The number of amides is 1. The molecule has 0 bridgehead atoms. The molecule has 0 saturated carbocycles. The highest BCUT2D eigenvalue weighted by Gasteiger charge is 2.12. The molecule has 0 saturated heterocycles. The first-order chi connectivity index (χ1) is 9.45. The Morgan fingerprint density at radius 1 is 1.20 bits per heavy atom. The predicted molar refractivity (Wildman–Crippen MR) is 85.6 cm³/mol. The summed E-state index contributed by atoms with van der Waals surface area (Å²) in [6, 6.07) is 13.3. The molecule has 0 aliphatic heterocycles. The Morgan fingerprint density at radius 3 is 2.45 bits per heavy atom. The van der Waals surface area contributed by atoms with Crippen molar-refractivity contribution in [1.29, 1.82) is 0 Å². The maximum Gasteiger partial charge on any atom is 0.251 e. The summed E-state index contributed by atoms with van der Waals surface area (Å²) in [5.74, 6) is -0.133. The molecule has 3 N–H and O–H groups in total. The van der Waals surface area contributed by atoms with Gasteiger partial charge in [-0.15, -0.1) is 0 Å². The van der Waals surface area contributed by atoms with Crippen LogP contribution < -0.4 is 11.1 Å². The zero-order valence-corrected chi connectivity index (χ0v) is 13.1. The van der Waals surface area contributed by atoms with Gasteiger partial charge in [0.05, 0.1) is 6.04 Å². The Kier molecular flexibility index (Phi) is 4.45. The fraction of sp³-hybridized carbons (Fsp3) is 0.188. The van der Waals surface area contributed by atoms with Gasteiger partial charge in [-0.3, -0.25) is 4.79 Å². The number of aryl methyl sites for hydroxylation is 1. The Morgan fingerprint density at radius 2 is 1.85 bits per heavy atom. The van der Waals surface area contributed by atoms with Crippen LogP contribution in [-0.4, -0.2) is 5.91 Å². The van der Waals surface area contributed by atoms with E-state index in [9.17, 15) is 4.79 Å². The van der Waals surface area contributed by atoms with Crippen LogP contribution in [0.3, 0.4) is 0 Å². The van der Waals surface area contributed by atoms with Gasteiger partial charge in [0.1, 0.15) is 0 Å². The zero-order chi connectivity index (χ0) is 14.7. The van der Waals surface area contributed by atoms with Crippen molar-refractivity contribution in [3.8, 4) is 0 Å². The van der Waals surface area contributed by atoms with Gasteiger partial charge in [0.2, 0.25) is 0 Å². The first-order valence-corrected chi connectivity index (χ1v) is 7.18. The lowest BCUT2D eigenvalue weighted by Gasteiger charge is -2.15. The third-order valence-corrected chi connectivity index (χ3v) is 3.57. The number of nitrogens with two attached hydrogens (primary N) is 1. The van der Waals surface area contributed by atoms with E-state index in [0.717, 1.165) is 10.0 Å². The fourth-order valence-electron chi connectivity index (χ4n) is 1.96. The normalized spacial score (nSPS) is 11.9. The van der Waals surface area contributed by atoms with Crippen LogP contribution in [0.2, 0.25) is 0 Å². The largest absolute Gasteiger partial charge is 0.399 e. The highest BCUT2D eigenvalue weighted by Crippen LogP contribution is 2.19. The minimum atomic E-state index is -0.133. The number of carbonyl (C=O) groups excluding carboxylic acids is 1. The monoisotopic (exact) mass is 332 g/mol. The maximum atomic E-state index is 12.2. The zero-order valence-electron chi connectivity index (χ0n) is 11.5. The topological polar surface area (TPSA) is 55.1 Å². The van der Waals surface area contributed by atoms with Crippen LogP contribution in [-0.2, 0) is 0 Å². The molecule has 0 aromatic heterocycles. The molecule has 2 aromatic carbocycles. The third-order valence-electron chi connectivity index (χ3n) is 3.11. The Bertz CT molecular complexity index is 603. The van der Waals surface area contributed by atoms with Gasteiger partial charge in [-0.05, 0) is 37.6 Å². The molecular weight excluding hydrogens is 316 g/mol. The molecule has 3 nitrogen and oxygen atoms in total. The first-order valence-electron chi connectivity index (χ1n) is 6.39. The number of nitrogen functional groups attached to an aromatic ring is 1. The molecular formula is C16H17BrN2O. The molecule has 2 aromatic rings. The molecule has 104 valence electrons. The van der Waals surface area contributed by atoms with Gasteiger partial charge in [0, 0.05) is 15.7 Å². The minimum Gasteiger partial charge on any atom is -0.399 e. The Hall–Kier alpha value is -1.81. The highest BCUT2D eigenvalue weighted by atomic mass is 79.9. The number of benzene rings is 2. The fourth-order valence-corrected chi connectivity index (χ4v) is 2.47. The van der Waals surface area contributed by atoms with E-state index in [1.165, 1.54) is 5.56 Å². The van der Waals surface area contributed by atoms with Crippen molar-refractivity contribution < 1.29 is 4.79 Å². The molecule has 0 aliphatic carbocycles. The summed E-state index contributed by atoms with van der Waals surface area (Å²) in [4.78, 5) is 12.2. The van der Waals surface area contributed by atoms with Crippen molar-refractivity contribution >= 4 is 27.5 Å². The molecule has 0 heterocycles. The summed E-state index contributed by atoms with van der Waals surface area (Å²) in [7, 11) is 0. The van der Waals surface area contributed by atoms with E-state index in [2.05, 4.69) is 21.2 Å². The predicted octanol–water partition coefficient (Wildman–Crippen LogP) is 3.83. The van der Waals surface area contributed by atoms with Gasteiger partial charge in [0.15, 0.2) is 0 Å². The number of hydrogen-bond donors (Lipinski definition) is 2. The van der Waals surface area contributed by atoms with Gasteiger partial charge in [0.25, 0.3) is 5.91 Å². The summed E-state index contributed by atoms with van der Waals surface area (Å²) < 4.78 is 0.797. The van der Waals surface area contributed by atoms with Crippen LogP contribution in [0.4, 0.5) is 5.69 Å². The van der Waals surface area contributed by atoms with Gasteiger partial charge >= 0.3 is 0 Å². The molecule has 20 heavy (non-hydrogen) atoms. The number of anilines is 1.